The Kier molecular flexibility index (Phi) is 5.59. The van der Waals surface area contributed by atoms with E-state index in [1.165, 1.54) is 0 Å². The first-order valence-electron chi connectivity index (χ1n) is 4.21. The summed E-state index contributed by atoms with van der Waals surface area (Å²) in [6.07, 6.45) is -0.913. The van der Waals surface area contributed by atoms with Crippen molar-refractivity contribution in [2.75, 3.05) is 13.3 Å². The molecule has 0 aliphatic carbocycles. The average molecular weight is 207 g/mol. The van der Waals surface area contributed by atoms with Crippen LogP contribution in [0.4, 0.5) is 9.18 Å². The Morgan fingerprint density at radius 2 is 2.07 bits per heavy atom. The molecular weight excluding hydrogens is 193 g/mol. The van der Waals surface area contributed by atoms with Gasteiger partial charge in [-0.1, -0.05) is 13.8 Å². The number of ether oxygens (including phenoxy) is 1. The summed E-state index contributed by atoms with van der Waals surface area (Å²) < 4.78 is 15.9. The molecule has 0 fully saturated rings. The summed E-state index contributed by atoms with van der Waals surface area (Å²) >= 11 is 0. The molecular formula is C8H14FNO4. The van der Waals surface area contributed by atoms with Crippen LogP contribution in [0.5, 0.6) is 0 Å². The fourth-order valence-corrected chi connectivity index (χ4v) is 0.813. The van der Waals surface area contributed by atoms with Crippen molar-refractivity contribution in [2.24, 2.45) is 5.92 Å². The number of carbonyl (C=O) groups is 2. The molecule has 0 aliphatic rings. The van der Waals surface area contributed by atoms with Gasteiger partial charge in [-0.3, -0.25) is 0 Å². The van der Waals surface area contributed by atoms with Gasteiger partial charge in [0.1, 0.15) is 19.3 Å². The van der Waals surface area contributed by atoms with Crippen LogP contribution >= 0.6 is 0 Å². The fourth-order valence-electron chi connectivity index (χ4n) is 0.813. The van der Waals surface area contributed by atoms with Gasteiger partial charge in [0.15, 0.2) is 0 Å². The van der Waals surface area contributed by atoms with Crippen molar-refractivity contribution < 1.29 is 23.8 Å². The topological polar surface area (TPSA) is 75.6 Å². The quantitative estimate of drug-likeness (QED) is 0.698. The van der Waals surface area contributed by atoms with E-state index >= 15 is 0 Å². The maximum absolute atomic E-state index is 11.6. The Hall–Kier alpha value is -1.33. The third-order valence-electron chi connectivity index (χ3n) is 1.52. The number of hydrogen-bond acceptors (Lipinski definition) is 3. The summed E-state index contributed by atoms with van der Waals surface area (Å²) in [7, 11) is 0. The zero-order valence-electron chi connectivity index (χ0n) is 8.12. The van der Waals surface area contributed by atoms with Gasteiger partial charge in [-0.25, -0.2) is 14.0 Å². The second-order valence-corrected chi connectivity index (χ2v) is 3.03. The zero-order valence-corrected chi connectivity index (χ0v) is 8.12. The molecule has 14 heavy (non-hydrogen) atoms. The highest BCUT2D eigenvalue weighted by atomic mass is 19.1. The summed E-state index contributed by atoms with van der Waals surface area (Å²) in [6, 6.07) is -1.01. The zero-order chi connectivity index (χ0) is 11.1. The van der Waals surface area contributed by atoms with Gasteiger partial charge >= 0.3 is 12.1 Å². The molecule has 0 heterocycles. The lowest BCUT2D eigenvalue weighted by Crippen LogP contribution is -2.44. The largest absolute Gasteiger partial charge is 0.480 e. The molecule has 82 valence electrons. The van der Waals surface area contributed by atoms with Crippen molar-refractivity contribution in [3.63, 3.8) is 0 Å². The molecule has 5 nitrogen and oxygen atoms in total. The minimum absolute atomic E-state index is 0.259. The van der Waals surface area contributed by atoms with E-state index in [1.54, 1.807) is 13.8 Å². The van der Waals surface area contributed by atoms with E-state index in [4.69, 9.17) is 5.11 Å². The number of aliphatic carboxylic acids is 1. The first-order chi connectivity index (χ1) is 6.49. The lowest BCUT2D eigenvalue weighted by atomic mass is 10.1. The second-order valence-electron chi connectivity index (χ2n) is 3.03. The normalized spacial score (nSPS) is 12.3. The number of carboxylic acids is 1. The lowest BCUT2D eigenvalue weighted by Gasteiger charge is -2.17. The van der Waals surface area contributed by atoms with Crippen LogP contribution in [0.2, 0.25) is 0 Å². The molecule has 1 unspecified atom stereocenters. The van der Waals surface area contributed by atoms with E-state index in [2.05, 4.69) is 10.1 Å². The van der Waals surface area contributed by atoms with E-state index in [9.17, 15) is 14.0 Å². The highest BCUT2D eigenvalue weighted by Gasteiger charge is 2.23. The predicted octanol–water partition coefficient (Wildman–Crippen LogP) is 0.791. The molecule has 0 saturated heterocycles. The van der Waals surface area contributed by atoms with Gasteiger partial charge in [0.25, 0.3) is 0 Å². The van der Waals surface area contributed by atoms with Crippen LogP contribution in [0, 0.1) is 5.92 Å². The molecule has 0 spiro atoms. The van der Waals surface area contributed by atoms with E-state index in [0.29, 0.717) is 0 Å². The lowest BCUT2D eigenvalue weighted by molar-refractivity contribution is -0.140. The maximum atomic E-state index is 11.6. The van der Waals surface area contributed by atoms with Gasteiger partial charge in [-0.15, -0.1) is 0 Å². The molecule has 2 N–H and O–H groups in total. The molecule has 0 rings (SSSR count). The van der Waals surface area contributed by atoms with E-state index in [-0.39, 0.29) is 12.5 Å². The summed E-state index contributed by atoms with van der Waals surface area (Å²) in [4.78, 5) is 21.5. The summed E-state index contributed by atoms with van der Waals surface area (Å²) in [6.45, 7) is 2.14. The van der Waals surface area contributed by atoms with Gasteiger partial charge < -0.3 is 15.2 Å². The Labute approximate surface area is 81.2 Å². The summed E-state index contributed by atoms with van der Waals surface area (Å²) in [5.74, 6) is -1.40. The summed E-state index contributed by atoms with van der Waals surface area (Å²) in [5, 5.41) is 10.8. The van der Waals surface area contributed by atoms with Crippen LogP contribution in [0.15, 0.2) is 0 Å². The van der Waals surface area contributed by atoms with Crippen molar-refractivity contribution in [2.45, 2.75) is 19.9 Å². The number of amides is 1. The molecule has 1 atom stereocenters. The molecule has 6 heteroatoms. The Morgan fingerprint density at radius 3 is 2.43 bits per heavy atom. The van der Waals surface area contributed by atoms with Gasteiger partial charge in [-0.05, 0) is 5.92 Å². The molecule has 0 bridgehead atoms. The monoisotopic (exact) mass is 207 g/mol. The van der Waals surface area contributed by atoms with Crippen LogP contribution < -0.4 is 5.32 Å². The van der Waals surface area contributed by atoms with Crippen molar-refractivity contribution in [3.8, 4) is 0 Å². The number of carbonyl (C=O) groups excluding carboxylic acids is 1. The van der Waals surface area contributed by atoms with Crippen molar-refractivity contribution in [1.82, 2.24) is 5.32 Å². The highest BCUT2D eigenvalue weighted by molar-refractivity contribution is 5.80. The summed E-state index contributed by atoms with van der Waals surface area (Å²) in [5.41, 5.74) is 0. The van der Waals surface area contributed by atoms with Crippen LogP contribution in [-0.4, -0.2) is 36.5 Å². The maximum Gasteiger partial charge on any atom is 0.407 e. The smallest absolute Gasteiger partial charge is 0.407 e. The van der Waals surface area contributed by atoms with Gasteiger partial charge in [0.2, 0.25) is 0 Å². The SMILES string of the molecule is CC(C)C(NC(=O)OCCF)C(=O)O. The number of carboxylic acid groups (broad SMARTS) is 1. The second kappa shape index (κ2) is 6.17. The Balaban J connectivity index is 4.04. The van der Waals surface area contributed by atoms with Crippen LogP contribution in [0.1, 0.15) is 13.8 Å². The Morgan fingerprint density at radius 1 is 1.50 bits per heavy atom. The van der Waals surface area contributed by atoms with E-state index in [1.807, 2.05) is 0 Å². The fraction of sp³-hybridized carbons (Fsp3) is 0.750. The molecule has 0 aromatic rings. The minimum Gasteiger partial charge on any atom is -0.480 e. The van der Waals surface area contributed by atoms with E-state index < -0.39 is 24.8 Å². The molecule has 0 aromatic heterocycles. The van der Waals surface area contributed by atoms with Crippen LogP contribution in [0.25, 0.3) is 0 Å². The molecule has 0 saturated carbocycles. The van der Waals surface area contributed by atoms with Gasteiger partial charge in [0.05, 0.1) is 0 Å². The number of nitrogens with one attached hydrogen (secondary N) is 1. The third-order valence-corrected chi connectivity index (χ3v) is 1.52. The molecule has 0 radical (unpaired) electrons. The number of halogens is 1. The first kappa shape index (κ1) is 12.7. The Bertz CT molecular complexity index is 208. The number of alkyl carbamates (subject to hydrolysis) is 1. The van der Waals surface area contributed by atoms with Gasteiger partial charge in [0, 0.05) is 0 Å². The van der Waals surface area contributed by atoms with Gasteiger partial charge in [-0.2, -0.15) is 0 Å². The molecule has 0 aliphatic heterocycles. The van der Waals surface area contributed by atoms with Crippen LogP contribution in [0.3, 0.4) is 0 Å². The predicted molar refractivity (Wildman–Crippen MR) is 46.7 cm³/mol. The number of rotatable bonds is 5. The van der Waals surface area contributed by atoms with Crippen molar-refractivity contribution in [1.29, 1.82) is 0 Å². The first-order valence-corrected chi connectivity index (χ1v) is 4.21. The number of hydrogen-bond donors (Lipinski definition) is 2. The van der Waals surface area contributed by atoms with Crippen molar-refractivity contribution in [3.05, 3.63) is 0 Å². The molecule has 0 aromatic carbocycles. The van der Waals surface area contributed by atoms with Crippen molar-refractivity contribution >= 4 is 12.1 Å². The third kappa shape index (κ3) is 4.64. The average Bonchev–Trinajstić information content (AvgIpc) is 2.09. The standard InChI is InChI=1S/C8H14FNO4/c1-5(2)6(7(11)12)10-8(13)14-4-3-9/h5-6H,3-4H2,1-2H3,(H,10,13)(H,11,12). The molecule has 1 amide bonds. The number of alkyl halides is 1. The van der Waals surface area contributed by atoms with Crippen LogP contribution in [-0.2, 0) is 9.53 Å². The van der Waals surface area contributed by atoms with E-state index in [0.717, 1.165) is 0 Å². The highest BCUT2D eigenvalue weighted by Crippen LogP contribution is 2.01. The minimum atomic E-state index is -1.14.